The zero-order chi connectivity index (χ0) is 20.2. The molecule has 0 aliphatic carbocycles. The van der Waals surface area contributed by atoms with Crippen molar-refractivity contribution in [3.63, 3.8) is 0 Å². The van der Waals surface area contributed by atoms with Gasteiger partial charge in [0.15, 0.2) is 5.58 Å². The number of nitrogens with one attached hydrogen (secondary N) is 1. The van der Waals surface area contributed by atoms with Crippen molar-refractivity contribution in [2.75, 3.05) is 5.32 Å². The third kappa shape index (κ3) is 2.79. The summed E-state index contributed by atoms with van der Waals surface area (Å²) >= 11 is 0. The second-order valence-electron chi connectivity index (χ2n) is 7.01. The van der Waals surface area contributed by atoms with Crippen LogP contribution in [0.1, 0.15) is 29.4 Å². The molecule has 4 heterocycles. The van der Waals surface area contributed by atoms with E-state index in [0.29, 0.717) is 22.6 Å². The van der Waals surface area contributed by atoms with E-state index in [-0.39, 0.29) is 24.4 Å². The fraction of sp³-hybridized carbons (Fsp3) is 0.368. The molecule has 0 fully saturated rings. The van der Waals surface area contributed by atoms with Crippen LogP contribution in [0.2, 0.25) is 0 Å². The van der Waals surface area contributed by atoms with Crippen LogP contribution in [-0.2, 0) is 18.4 Å². The molecule has 146 valence electrons. The molecular formula is C19H22N6O3. The summed E-state index contributed by atoms with van der Waals surface area (Å²) < 4.78 is 10.5. The van der Waals surface area contributed by atoms with Gasteiger partial charge in [0.05, 0.1) is 29.1 Å². The number of carbonyl (C=O) groups is 1. The van der Waals surface area contributed by atoms with Gasteiger partial charge in [-0.2, -0.15) is 10.2 Å². The average molecular weight is 382 g/mol. The maximum absolute atomic E-state index is 12.8. The first-order valence-corrected chi connectivity index (χ1v) is 9.05. The summed E-state index contributed by atoms with van der Waals surface area (Å²) in [5, 5.41) is 11.5. The minimum atomic E-state index is -0.254. The van der Waals surface area contributed by atoms with Crippen molar-refractivity contribution < 1.29 is 9.21 Å². The van der Waals surface area contributed by atoms with Crippen LogP contribution in [0.4, 0.5) is 5.69 Å². The summed E-state index contributed by atoms with van der Waals surface area (Å²) in [5.41, 5.74) is 4.05. The summed E-state index contributed by atoms with van der Waals surface area (Å²) in [6.45, 7) is 7.61. The van der Waals surface area contributed by atoms with Gasteiger partial charge < -0.3 is 9.73 Å². The molecule has 28 heavy (non-hydrogen) atoms. The summed E-state index contributed by atoms with van der Waals surface area (Å²) in [7, 11) is 1.83. The number of nitrogens with zero attached hydrogens (tertiary/aromatic N) is 5. The molecule has 9 nitrogen and oxygen atoms in total. The predicted molar refractivity (Wildman–Crippen MR) is 105 cm³/mol. The van der Waals surface area contributed by atoms with Crippen LogP contribution in [0.5, 0.6) is 0 Å². The maximum atomic E-state index is 12.8. The van der Waals surface area contributed by atoms with Gasteiger partial charge in [-0.15, -0.1) is 0 Å². The van der Waals surface area contributed by atoms with Crippen LogP contribution in [0.25, 0.3) is 16.6 Å². The van der Waals surface area contributed by atoms with Gasteiger partial charge in [0, 0.05) is 25.6 Å². The largest absolute Gasteiger partial charge is 0.460 e. The molecule has 0 spiro atoms. The Morgan fingerprint density at radius 3 is 2.57 bits per heavy atom. The standard InChI is InChI=1S/C19H22N6O3/c1-10-8-14-16(28-10)9-15-19(27)24(22-13(4)25(14)15)7-6-17(26)20-18-11(2)21-23(5)12(18)3/h8-9H,6-7H2,1-5H3,(H,20,26). The molecule has 0 saturated carbocycles. The fourth-order valence-electron chi connectivity index (χ4n) is 3.53. The fourth-order valence-corrected chi connectivity index (χ4v) is 3.53. The quantitative estimate of drug-likeness (QED) is 0.583. The summed E-state index contributed by atoms with van der Waals surface area (Å²) in [5.74, 6) is 1.25. The van der Waals surface area contributed by atoms with E-state index in [4.69, 9.17) is 4.42 Å². The monoisotopic (exact) mass is 382 g/mol. The normalized spacial score (nSPS) is 11.6. The zero-order valence-electron chi connectivity index (χ0n) is 16.5. The SMILES string of the molecule is Cc1cc2c(cc3c(=O)n(CCC(=O)Nc4c(C)nn(C)c4C)nc(C)n32)o1. The molecule has 4 rings (SSSR count). The van der Waals surface area contributed by atoms with Gasteiger partial charge in [-0.05, 0) is 27.7 Å². The molecule has 0 aliphatic heterocycles. The molecule has 9 heteroatoms. The lowest BCUT2D eigenvalue weighted by Crippen LogP contribution is -2.28. The van der Waals surface area contributed by atoms with Crippen molar-refractivity contribution in [1.82, 2.24) is 24.0 Å². The molecule has 4 aromatic rings. The molecule has 4 aromatic heterocycles. The Balaban J connectivity index is 1.59. The number of hydrogen-bond donors (Lipinski definition) is 1. The number of aryl methyl sites for hydroxylation is 5. The Morgan fingerprint density at radius 2 is 1.89 bits per heavy atom. The topological polar surface area (TPSA) is 99.4 Å². The van der Waals surface area contributed by atoms with Crippen molar-refractivity contribution in [1.29, 1.82) is 0 Å². The van der Waals surface area contributed by atoms with Gasteiger partial charge in [0.2, 0.25) is 5.91 Å². The molecule has 0 unspecified atom stereocenters. The van der Waals surface area contributed by atoms with Crippen molar-refractivity contribution in [2.45, 2.75) is 40.7 Å². The molecule has 1 amide bonds. The first-order chi connectivity index (χ1) is 13.3. The van der Waals surface area contributed by atoms with E-state index >= 15 is 0 Å². The highest BCUT2D eigenvalue weighted by Gasteiger charge is 2.16. The number of aromatic nitrogens is 5. The first kappa shape index (κ1) is 18.0. The molecule has 0 aliphatic rings. The maximum Gasteiger partial charge on any atom is 0.291 e. The third-order valence-corrected chi connectivity index (χ3v) is 4.98. The smallest absolute Gasteiger partial charge is 0.291 e. The van der Waals surface area contributed by atoms with Gasteiger partial charge in [0.25, 0.3) is 5.56 Å². The van der Waals surface area contributed by atoms with Gasteiger partial charge in [-0.3, -0.25) is 18.7 Å². The number of hydrogen-bond acceptors (Lipinski definition) is 5. The second kappa shape index (κ2) is 6.36. The Morgan fingerprint density at radius 1 is 1.14 bits per heavy atom. The van der Waals surface area contributed by atoms with E-state index in [9.17, 15) is 9.59 Å². The van der Waals surface area contributed by atoms with Crippen LogP contribution in [0, 0.1) is 27.7 Å². The van der Waals surface area contributed by atoms with Gasteiger partial charge in [0.1, 0.15) is 17.1 Å². The highest BCUT2D eigenvalue weighted by Crippen LogP contribution is 2.23. The van der Waals surface area contributed by atoms with E-state index in [1.165, 1.54) is 4.68 Å². The van der Waals surface area contributed by atoms with Gasteiger partial charge in [-0.1, -0.05) is 0 Å². The Labute approximate surface area is 160 Å². The second-order valence-corrected chi connectivity index (χ2v) is 7.01. The molecule has 0 bridgehead atoms. The summed E-state index contributed by atoms with van der Waals surface area (Å²) in [6.07, 6.45) is 0.131. The molecule has 0 radical (unpaired) electrons. The van der Waals surface area contributed by atoms with E-state index < -0.39 is 0 Å². The van der Waals surface area contributed by atoms with Crippen LogP contribution in [-0.4, -0.2) is 29.9 Å². The molecule has 0 saturated heterocycles. The number of carbonyl (C=O) groups excluding carboxylic acids is 1. The lowest BCUT2D eigenvalue weighted by Gasteiger charge is -2.09. The lowest BCUT2D eigenvalue weighted by molar-refractivity contribution is -0.116. The first-order valence-electron chi connectivity index (χ1n) is 9.05. The van der Waals surface area contributed by atoms with Crippen molar-refractivity contribution >= 4 is 28.2 Å². The van der Waals surface area contributed by atoms with E-state index in [0.717, 1.165) is 22.7 Å². The van der Waals surface area contributed by atoms with E-state index in [2.05, 4.69) is 15.5 Å². The summed E-state index contributed by atoms with van der Waals surface area (Å²) in [6, 6.07) is 3.60. The minimum absolute atomic E-state index is 0.131. The van der Waals surface area contributed by atoms with E-state index in [1.54, 1.807) is 15.1 Å². The average Bonchev–Trinajstić information content (AvgIpc) is 3.23. The highest BCUT2D eigenvalue weighted by molar-refractivity contribution is 5.91. The van der Waals surface area contributed by atoms with Crippen molar-refractivity contribution in [3.05, 3.63) is 45.5 Å². The molecule has 0 aromatic carbocycles. The van der Waals surface area contributed by atoms with Crippen molar-refractivity contribution in [3.8, 4) is 0 Å². The molecule has 0 atom stereocenters. The Hall–Kier alpha value is -3.36. The van der Waals surface area contributed by atoms with Gasteiger partial charge >= 0.3 is 0 Å². The number of fused-ring (bicyclic) bond motifs is 3. The predicted octanol–water partition coefficient (Wildman–Crippen LogP) is 2.24. The molecule has 1 N–H and O–H groups in total. The Bertz CT molecular complexity index is 1290. The number of anilines is 1. The zero-order valence-corrected chi connectivity index (χ0v) is 16.5. The van der Waals surface area contributed by atoms with Crippen LogP contribution < -0.4 is 10.9 Å². The minimum Gasteiger partial charge on any atom is -0.460 e. The third-order valence-electron chi connectivity index (χ3n) is 4.98. The Kier molecular flexibility index (Phi) is 4.10. The van der Waals surface area contributed by atoms with E-state index in [1.807, 2.05) is 40.8 Å². The van der Waals surface area contributed by atoms with Gasteiger partial charge in [-0.25, -0.2) is 4.68 Å². The van der Waals surface area contributed by atoms with Crippen LogP contribution >= 0.6 is 0 Å². The summed E-state index contributed by atoms with van der Waals surface area (Å²) in [4.78, 5) is 25.2. The van der Waals surface area contributed by atoms with Crippen LogP contribution in [0.3, 0.4) is 0 Å². The van der Waals surface area contributed by atoms with Crippen molar-refractivity contribution in [2.24, 2.45) is 7.05 Å². The highest BCUT2D eigenvalue weighted by atomic mass is 16.3. The lowest BCUT2D eigenvalue weighted by atomic mass is 10.3. The molecular weight excluding hydrogens is 360 g/mol. The number of furan rings is 1. The number of rotatable bonds is 4. The number of amides is 1. The van der Waals surface area contributed by atoms with Crippen LogP contribution in [0.15, 0.2) is 21.3 Å².